The van der Waals surface area contributed by atoms with E-state index in [0.29, 0.717) is 0 Å². The zero-order chi connectivity index (χ0) is 6.24. The molecule has 1 saturated heterocycles. The minimum Gasteiger partial charge on any atom is -1.00 e. The molecule has 0 amide bonds. The Bertz CT molecular complexity index is 51.2. The molecule has 0 aromatic carbocycles. The fourth-order valence-corrected chi connectivity index (χ4v) is 0.510. The van der Waals surface area contributed by atoms with Crippen molar-refractivity contribution in [3.05, 3.63) is 0 Å². The summed E-state index contributed by atoms with van der Waals surface area (Å²) in [5.41, 5.74) is 0. The fourth-order valence-electron chi connectivity index (χ4n) is 0.510. The Morgan fingerprint density at radius 2 is 1.78 bits per heavy atom. The van der Waals surface area contributed by atoms with Gasteiger partial charge in [0.1, 0.15) is 0 Å². The van der Waals surface area contributed by atoms with Crippen molar-refractivity contribution in [2.75, 3.05) is 13.2 Å². The number of hydrogen-bond donors (Lipinski definition) is 1. The molecule has 9 heavy (non-hydrogen) atoms. The van der Waals surface area contributed by atoms with Crippen LogP contribution in [0.1, 0.15) is 14.3 Å². The van der Waals surface area contributed by atoms with Crippen molar-refractivity contribution in [1.29, 1.82) is 0 Å². The van der Waals surface area contributed by atoms with Gasteiger partial charge in [-0.2, -0.15) is 0 Å². The van der Waals surface area contributed by atoms with Gasteiger partial charge in [0.25, 0.3) is 6.47 Å². The quantitative estimate of drug-likeness (QED) is 0.303. The molecule has 0 atom stereocenters. The Hall–Kier alpha value is 0.430. The van der Waals surface area contributed by atoms with E-state index in [0.717, 1.165) is 13.2 Å². The van der Waals surface area contributed by atoms with Crippen LogP contribution in [0.4, 0.5) is 0 Å². The second-order valence-electron chi connectivity index (χ2n) is 1.42. The van der Waals surface area contributed by atoms with Gasteiger partial charge in [-0.3, -0.25) is 4.79 Å². The molecule has 1 N–H and O–H groups in total. The zero-order valence-electron chi connectivity index (χ0n) is 6.67. The number of rotatable bonds is 0. The number of carboxylic acid groups (broad SMARTS) is 1. The van der Waals surface area contributed by atoms with Gasteiger partial charge in [0.05, 0.1) is 0 Å². The smallest absolute Gasteiger partial charge is 1.00 e. The Morgan fingerprint density at radius 1 is 1.44 bits per heavy atom. The number of carbonyl (C=O) groups is 1. The van der Waals surface area contributed by atoms with Gasteiger partial charge in [0.15, 0.2) is 0 Å². The predicted octanol–water partition coefficient (Wildman–Crippen LogP) is -2.39. The second-order valence-corrected chi connectivity index (χ2v) is 1.42. The van der Waals surface area contributed by atoms with E-state index in [-0.39, 0.29) is 37.5 Å². The molecule has 1 fully saturated rings. The molecule has 1 aliphatic rings. The van der Waals surface area contributed by atoms with E-state index in [9.17, 15) is 0 Å². The first-order valence-electron chi connectivity index (χ1n) is 2.57. The summed E-state index contributed by atoms with van der Waals surface area (Å²) < 4.78 is 4.94. The first kappa shape index (κ1) is 12.1. The normalized spacial score (nSPS) is 14.7. The maximum absolute atomic E-state index is 8.36. The second kappa shape index (κ2) is 11.3. The molecule has 0 bridgehead atoms. The van der Waals surface area contributed by atoms with Crippen molar-refractivity contribution in [1.82, 2.24) is 0 Å². The van der Waals surface area contributed by atoms with Crippen LogP contribution in [0.15, 0.2) is 0 Å². The zero-order valence-corrected chi connectivity index (χ0v) is 7.67. The van der Waals surface area contributed by atoms with Crippen molar-refractivity contribution < 1.29 is 45.6 Å². The van der Waals surface area contributed by atoms with Crippen molar-refractivity contribution in [2.24, 2.45) is 0 Å². The van der Waals surface area contributed by atoms with E-state index in [4.69, 9.17) is 14.6 Å². The monoisotopic (exact) mass is 142 g/mol. The van der Waals surface area contributed by atoms with Crippen LogP contribution in [0.25, 0.3) is 0 Å². The minimum absolute atomic E-state index is 0. The van der Waals surface area contributed by atoms with Crippen LogP contribution < -0.4 is 29.6 Å². The van der Waals surface area contributed by atoms with Crippen molar-refractivity contribution in [2.45, 2.75) is 12.8 Å². The molecule has 4 heteroatoms. The van der Waals surface area contributed by atoms with E-state index in [1.54, 1.807) is 0 Å². The summed E-state index contributed by atoms with van der Waals surface area (Å²) >= 11 is 0. The van der Waals surface area contributed by atoms with E-state index in [2.05, 4.69) is 0 Å². The Balaban J connectivity index is -0.0000000900. The van der Waals surface area contributed by atoms with Crippen LogP contribution in [-0.4, -0.2) is 24.8 Å². The van der Waals surface area contributed by atoms with Crippen molar-refractivity contribution in [3.8, 4) is 0 Å². The first-order valence-corrected chi connectivity index (χ1v) is 2.57. The predicted molar refractivity (Wildman–Crippen MR) is 29.9 cm³/mol. The van der Waals surface area contributed by atoms with E-state index in [1.165, 1.54) is 12.8 Å². The van der Waals surface area contributed by atoms with Gasteiger partial charge < -0.3 is 11.3 Å². The maximum atomic E-state index is 8.36. The Morgan fingerprint density at radius 3 is 1.89 bits per heavy atom. The SMILES string of the molecule is C1CCOC1.O=CO.[H-].[Na+]. The maximum Gasteiger partial charge on any atom is 1.00 e. The molecule has 1 rings (SSSR count). The van der Waals surface area contributed by atoms with Crippen LogP contribution in [0.5, 0.6) is 0 Å². The van der Waals surface area contributed by atoms with Crippen LogP contribution in [0.3, 0.4) is 0 Å². The van der Waals surface area contributed by atoms with Gasteiger partial charge in [-0.25, -0.2) is 0 Å². The molecular formula is C5H11NaO3. The van der Waals surface area contributed by atoms with E-state index < -0.39 is 0 Å². The van der Waals surface area contributed by atoms with Crippen LogP contribution in [0.2, 0.25) is 0 Å². The molecule has 1 aliphatic heterocycles. The molecule has 0 aromatic rings. The summed E-state index contributed by atoms with van der Waals surface area (Å²) in [6.45, 7) is 1.75. The molecule has 1 heterocycles. The molecule has 50 valence electrons. The van der Waals surface area contributed by atoms with Gasteiger partial charge in [-0.1, -0.05) is 0 Å². The molecule has 0 unspecified atom stereocenters. The average molecular weight is 142 g/mol. The van der Waals surface area contributed by atoms with Gasteiger partial charge in [0, 0.05) is 13.2 Å². The van der Waals surface area contributed by atoms with E-state index >= 15 is 0 Å². The van der Waals surface area contributed by atoms with Crippen LogP contribution in [0, 0.1) is 0 Å². The third-order valence-electron chi connectivity index (χ3n) is 0.827. The van der Waals surface area contributed by atoms with E-state index in [1.807, 2.05) is 0 Å². The number of ether oxygens (including phenoxy) is 1. The Kier molecular flexibility index (Phi) is 15.2. The molecule has 0 spiro atoms. The summed E-state index contributed by atoms with van der Waals surface area (Å²) in [6, 6.07) is 0. The molecule has 0 radical (unpaired) electrons. The first-order chi connectivity index (χ1) is 3.91. The molecule has 0 saturated carbocycles. The van der Waals surface area contributed by atoms with Crippen molar-refractivity contribution in [3.63, 3.8) is 0 Å². The fraction of sp³-hybridized carbons (Fsp3) is 0.800. The van der Waals surface area contributed by atoms with Gasteiger partial charge in [-0.15, -0.1) is 0 Å². The summed E-state index contributed by atoms with van der Waals surface area (Å²) in [6.07, 6.45) is 2.56. The molecule has 0 aliphatic carbocycles. The van der Waals surface area contributed by atoms with Gasteiger partial charge in [0.2, 0.25) is 0 Å². The molecular weight excluding hydrogens is 131 g/mol. The van der Waals surface area contributed by atoms with Crippen LogP contribution >= 0.6 is 0 Å². The summed E-state index contributed by atoms with van der Waals surface area (Å²) in [7, 11) is 0. The third-order valence-corrected chi connectivity index (χ3v) is 0.827. The summed E-state index contributed by atoms with van der Waals surface area (Å²) in [5, 5.41) is 6.89. The minimum atomic E-state index is -0.250. The summed E-state index contributed by atoms with van der Waals surface area (Å²) in [5.74, 6) is 0. The van der Waals surface area contributed by atoms with Gasteiger partial charge in [-0.05, 0) is 12.8 Å². The summed E-state index contributed by atoms with van der Waals surface area (Å²) in [4.78, 5) is 8.36. The largest absolute Gasteiger partial charge is 1.00 e. The third kappa shape index (κ3) is 11.8. The molecule has 0 aromatic heterocycles. The average Bonchev–Trinajstić information content (AvgIpc) is 2.17. The van der Waals surface area contributed by atoms with Crippen molar-refractivity contribution >= 4 is 6.47 Å². The van der Waals surface area contributed by atoms with Crippen LogP contribution in [-0.2, 0) is 9.53 Å². The molecule has 3 nitrogen and oxygen atoms in total. The Labute approximate surface area is 78.2 Å². The topological polar surface area (TPSA) is 46.5 Å². The standard InChI is InChI=1S/C4H8O.CH2O2.Na.H/c1-2-4-5-3-1;2-1-3;;/h1-4H2;1H,(H,2,3);;/q;;+1;-1. The van der Waals surface area contributed by atoms with Gasteiger partial charge >= 0.3 is 29.6 Å². The number of hydrogen-bond acceptors (Lipinski definition) is 2.